The summed E-state index contributed by atoms with van der Waals surface area (Å²) in [6, 6.07) is 14.2. The summed E-state index contributed by atoms with van der Waals surface area (Å²) >= 11 is 3.17. The molecule has 0 saturated carbocycles. The van der Waals surface area contributed by atoms with Crippen LogP contribution in [0.4, 0.5) is 5.95 Å². The van der Waals surface area contributed by atoms with Crippen molar-refractivity contribution in [2.75, 3.05) is 18.0 Å². The van der Waals surface area contributed by atoms with Crippen LogP contribution in [0, 0.1) is 0 Å². The van der Waals surface area contributed by atoms with Gasteiger partial charge in [-0.25, -0.2) is 0 Å². The molecule has 4 aromatic rings. The molecule has 1 aliphatic rings. The van der Waals surface area contributed by atoms with Gasteiger partial charge in [-0.1, -0.05) is 36.0 Å². The molecule has 4 heterocycles. The number of hydrogen-bond acceptors (Lipinski definition) is 8. The van der Waals surface area contributed by atoms with Crippen LogP contribution in [0.25, 0.3) is 16.5 Å². The monoisotopic (exact) mass is 438 g/mol. The lowest BCUT2D eigenvalue weighted by Gasteiger charge is -2.27. The predicted molar refractivity (Wildman–Crippen MR) is 119 cm³/mol. The highest BCUT2D eigenvalue weighted by molar-refractivity contribution is 7.99. The Morgan fingerprint density at radius 1 is 0.967 bits per heavy atom. The fraction of sp³-hybridized carbons (Fsp3) is 0.333. The maximum Gasteiger partial charge on any atom is 0.257 e. The van der Waals surface area contributed by atoms with Crippen molar-refractivity contribution in [2.45, 2.75) is 36.6 Å². The topological polar surface area (TPSA) is 72.9 Å². The van der Waals surface area contributed by atoms with Gasteiger partial charge < -0.3 is 9.32 Å². The van der Waals surface area contributed by atoms with Crippen molar-refractivity contribution in [3.05, 3.63) is 53.7 Å². The molecule has 1 fully saturated rings. The van der Waals surface area contributed by atoms with Crippen LogP contribution in [-0.2, 0) is 0 Å². The van der Waals surface area contributed by atoms with Crippen molar-refractivity contribution in [3.8, 4) is 16.5 Å². The molecule has 0 amide bonds. The fourth-order valence-corrected chi connectivity index (χ4v) is 5.08. The van der Waals surface area contributed by atoms with Crippen molar-refractivity contribution in [1.29, 1.82) is 0 Å². The van der Waals surface area contributed by atoms with Crippen molar-refractivity contribution < 1.29 is 4.42 Å². The number of hydrogen-bond donors (Lipinski definition) is 0. The molecule has 1 aliphatic heterocycles. The summed E-state index contributed by atoms with van der Waals surface area (Å²) < 4.78 is 8.07. The minimum Gasteiger partial charge on any atom is -0.419 e. The molecule has 1 aromatic carbocycles. The fourth-order valence-electron chi connectivity index (χ4n) is 3.55. The maximum atomic E-state index is 5.93. The van der Waals surface area contributed by atoms with Crippen LogP contribution in [0.5, 0.6) is 0 Å². The van der Waals surface area contributed by atoms with Gasteiger partial charge in [-0.15, -0.1) is 31.7 Å². The molecule has 0 spiro atoms. The molecular weight excluding hydrogens is 416 g/mol. The quantitative estimate of drug-likeness (QED) is 0.382. The number of para-hydroxylation sites is 1. The zero-order valence-corrected chi connectivity index (χ0v) is 18.3. The minimum atomic E-state index is -0.0490. The standard InChI is InChI=1S/C21H22N6OS2/c1-15(18-22-23-19(28-18)17-11-8-14-29-17)30-21-25-24-20(26-12-6-3-7-13-26)27(21)16-9-4-2-5-10-16/h2,4-5,8-11,14-15H,3,6-7,12-13H2,1H3. The zero-order chi connectivity index (χ0) is 20.3. The SMILES string of the molecule is CC(Sc1nnc(N2CCCCC2)n1-c1ccccc1)c1nnc(-c2cccs2)o1. The Hall–Kier alpha value is -2.65. The zero-order valence-electron chi connectivity index (χ0n) is 16.6. The van der Waals surface area contributed by atoms with E-state index in [4.69, 9.17) is 4.42 Å². The summed E-state index contributed by atoms with van der Waals surface area (Å²) in [7, 11) is 0. The van der Waals surface area contributed by atoms with E-state index in [0.717, 1.165) is 34.8 Å². The molecule has 154 valence electrons. The number of nitrogens with zero attached hydrogens (tertiary/aromatic N) is 6. The second kappa shape index (κ2) is 8.61. The Morgan fingerprint density at radius 2 is 1.80 bits per heavy atom. The lowest BCUT2D eigenvalue weighted by atomic mass is 10.1. The van der Waals surface area contributed by atoms with Crippen molar-refractivity contribution in [3.63, 3.8) is 0 Å². The van der Waals surface area contributed by atoms with E-state index in [0.29, 0.717) is 11.8 Å². The maximum absolute atomic E-state index is 5.93. The Balaban J connectivity index is 1.44. The smallest absolute Gasteiger partial charge is 0.257 e. The largest absolute Gasteiger partial charge is 0.419 e. The number of benzene rings is 1. The average Bonchev–Trinajstić information content (AvgIpc) is 3.55. The Kier molecular flexibility index (Phi) is 5.54. The summed E-state index contributed by atoms with van der Waals surface area (Å²) in [6.07, 6.45) is 3.65. The van der Waals surface area contributed by atoms with E-state index in [2.05, 4.69) is 48.9 Å². The van der Waals surface area contributed by atoms with Crippen molar-refractivity contribution >= 4 is 29.0 Å². The molecule has 1 atom stereocenters. The molecule has 9 heteroatoms. The van der Waals surface area contributed by atoms with E-state index < -0.39 is 0 Å². The van der Waals surface area contributed by atoms with E-state index in [1.165, 1.54) is 19.3 Å². The molecule has 5 rings (SSSR count). The number of rotatable bonds is 6. The van der Waals surface area contributed by atoms with Gasteiger partial charge in [0.15, 0.2) is 5.16 Å². The van der Waals surface area contributed by atoms with Gasteiger partial charge in [0.25, 0.3) is 5.89 Å². The highest BCUT2D eigenvalue weighted by Gasteiger charge is 2.25. The summed E-state index contributed by atoms with van der Waals surface area (Å²) in [5, 5.41) is 20.4. The number of aromatic nitrogens is 5. The Labute approximate surface area is 183 Å². The summed E-state index contributed by atoms with van der Waals surface area (Å²) in [4.78, 5) is 3.31. The molecule has 3 aromatic heterocycles. The van der Waals surface area contributed by atoms with Gasteiger partial charge >= 0.3 is 0 Å². The number of anilines is 1. The first-order valence-corrected chi connectivity index (χ1v) is 11.9. The number of thioether (sulfide) groups is 1. The molecule has 1 unspecified atom stereocenters. The van der Waals surface area contributed by atoms with Crippen LogP contribution in [0.3, 0.4) is 0 Å². The molecule has 30 heavy (non-hydrogen) atoms. The van der Waals surface area contributed by atoms with Crippen LogP contribution in [-0.4, -0.2) is 38.1 Å². The van der Waals surface area contributed by atoms with Crippen LogP contribution < -0.4 is 4.90 Å². The van der Waals surface area contributed by atoms with E-state index in [1.807, 2.05) is 35.7 Å². The molecule has 0 N–H and O–H groups in total. The van der Waals surface area contributed by atoms with E-state index >= 15 is 0 Å². The number of piperidine rings is 1. The first-order chi connectivity index (χ1) is 14.8. The summed E-state index contributed by atoms with van der Waals surface area (Å²) in [5.41, 5.74) is 1.06. The van der Waals surface area contributed by atoms with Crippen molar-refractivity contribution in [1.82, 2.24) is 25.0 Å². The van der Waals surface area contributed by atoms with Crippen LogP contribution in [0.1, 0.15) is 37.3 Å². The average molecular weight is 439 g/mol. The van der Waals surface area contributed by atoms with Crippen LogP contribution in [0.2, 0.25) is 0 Å². The van der Waals surface area contributed by atoms with Gasteiger partial charge in [0, 0.05) is 13.1 Å². The lowest BCUT2D eigenvalue weighted by molar-refractivity contribution is 0.510. The molecule has 7 nitrogen and oxygen atoms in total. The van der Waals surface area contributed by atoms with Gasteiger partial charge in [0.05, 0.1) is 15.8 Å². The third-order valence-electron chi connectivity index (χ3n) is 5.07. The normalized spacial score (nSPS) is 15.4. The first kappa shape index (κ1) is 19.3. The van der Waals surface area contributed by atoms with Gasteiger partial charge in [0.1, 0.15) is 0 Å². The summed E-state index contributed by atoms with van der Waals surface area (Å²) in [5.74, 6) is 2.05. The first-order valence-electron chi connectivity index (χ1n) is 10.1. The second-order valence-electron chi connectivity index (χ2n) is 7.18. The Morgan fingerprint density at radius 3 is 2.57 bits per heavy atom. The summed E-state index contributed by atoms with van der Waals surface area (Å²) in [6.45, 7) is 4.08. The molecular formula is C21H22N6OS2. The number of thiophene rings is 1. The van der Waals surface area contributed by atoms with E-state index in [-0.39, 0.29) is 5.25 Å². The lowest BCUT2D eigenvalue weighted by Crippen LogP contribution is -2.31. The molecule has 0 aliphatic carbocycles. The van der Waals surface area contributed by atoms with E-state index in [9.17, 15) is 0 Å². The molecule has 1 saturated heterocycles. The molecule has 0 bridgehead atoms. The molecule has 0 radical (unpaired) electrons. The third kappa shape index (κ3) is 3.87. The van der Waals surface area contributed by atoms with E-state index in [1.54, 1.807) is 23.1 Å². The van der Waals surface area contributed by atoms with Gasteiger partial charge in [-0.05, 0) is 49.8 Å². The second-order valence-corrected chi connectivity index (χ2v) is 9.44. The highest BCUT2D eigenvalue weighted by atomic mass is 32.2. The van der Waals surface area contributed by atoms with Gasteiger partial charge in [0.2, 0.25) is 11.8 Å². The predicted octanol–water partition coefficient (Wildman–Crippen LogP) is 5.22. The van der Waals surface area contributed by atoms with Gasteiger partial charge in [-0.3, -0.25) is 4.57 Å². The van der Waals surface area contributed by atoms with Crippen LogP contribution >= 0.6 is 23.1 Å². The minimum absolute atomic E-state index is 0.0490. The Bertz CT molecular complexity index is 1090. The third-order valence-corrected chi connectivity index (χ3v) is 6.96. The highest BCUT2D eigenvalue weighted by Crippen LogP contribution is 2.37. The van der Waals surface area contributed by atoms with Crippen molar-refractivity contribution in [2.24, 2.45) is 0 Å². The van der Waals surface area contributed by atoms with Crippen LogP contribution in [0.15, 0.2) is 57.4 Å². The van der Waals surface area contributed by atoms with Gasteiger partial charge in [-0.2, -0.15) is 0 Å².